The Bertz CT molecular complexity index is 1390. The molecule has 0 atom stereocenters. The van der Waals surface area contributed by atoms with Crippen molar-refractivity contribution >= 4 is 23.2 Å². The molecule has 0 aliphatic rings. The van der Waals surface area contributed by atoms with E-state index < -0.39 is 5.97 Å². The lowest BCUT2D eigenvalue weighted by Crippen LogP contribution is -2.24. The van der Waals surface area contributed by atoms with Gasteiger partial charge in [0.15, 0.2) is 0 Å². The van der Waals surface area contributed by atoms with E-state index in [4.69, 9.17) is 9.84 Å². The van der Waals surface area contributed by atoms with Crippen LogP contribution in [-0.2, 0) is 17.8 Å². The SMILES string of the molecule is COc1ccc(-c2cccc(CCC(=O)O)c2)cc1CNC(=O)c1nc(-c2ccc(C)cc2)sc1C. The Labute approximate surface area is 214 Å². The van der Waals surface area contributed by atoms with Crippen LogP contribution < -0.4 is 10.1 Å². The number of carbonyl (C=O) groups is 2. The zero-order valence-electron chi connectivity index (χ0n) is 20.5. The number of hydrogen-bond donors (Lipinski definition) is 2. The lowest BCUT2D eigenvalue weighted by Gasteiger charge is -2.12. The number of carbonyl (C=O) groups excluding carboxylic acids is 1. The monoisotopic (exact) mass is 500 g/mol. The Morgan fingerprint density at radius 1 is 0.972 bits per heavy atom. The summed E-state index contributed by atoms with van der Waals surface area (Å²) in [5.74, 6) is -0.370. The van der Waals surface area contributed by atoms with E-state index in [-0.39, 0.29) is 18.9 Å². The average Bonchev–Trinajstić information content (AvgIpc) is 3.28. The van der Waals surface area contributed by atoms with E-state index in [1.54, 1.807) is 7.11 Å². The maximum Gasteiger partial charge on any atom is 0.303 e. The summed E-state index contributed by atoms with van der Waals surface area (Å²) in [6, 6.07) is 21.8. The Morgan fingerprint density at radius 2 is 1.69 bits per heavy atom. The largest absolute Gasteiger partial charge is 0.496 e. The third-order valence-corrected chi connectivity index (χ3v) is 6.94. The van der Waals surface area contributed by atoms with Crippen molar-refractivity contribution in [2.75, 3.05) is 7.11 Å². The van der Waals surface area contributed by atoms with Crippen molar-refractivity contribution in [3.05, 3.63) is 94.0 Å². The fourth-order valence-electron chi connectivity index (χ4n) is 3.94. The van der Waals surface area contributed by atoms with Crippen LogP contribution in [0, 0.1) is 13.8 Å². The molecule has 0 saturated carbocycles. The van der Waals surface area contributed by atoms with E-state index in [2.05, 4.69) is 10.3 Å². The molecule has 0 aliphatic heterocycles. The third kappa shape index (κ3) is 5.98. The molecule has 0 bridgehead atoms. The fraction of sp³-hybridized carbons (Fsp3) is 0.207. The van der Waals surface area contributed by atoms with Crippen molar-refractivity contribution in [1.82, 2.24) is 10.3 Å². The lowest BCUT2D eigenvalue weighted by molar-refractivity contribution is -0.136. The third-order valence-electron chi connectivity index (χ3n) is 5.92. The summed E-state index contributed by atoms with van der Waals surface area (Å²) in [4.78, 5) is 29.4. The molecule has 3 aromatic carbocycles. The average molecular weight is 501 g/mol. The molecule has 0 fully saturated rings. The minimum absolute atomic E-state index is 0.0883. The predicted molar refractivity (Wildman–Crippen MR) is 143 cm³/mol. The number of aromatic nitrogens is 1. The first-order valence-electron chi connectivity index (χ1n) is 11.6. The fourth-order valence-corrected chi connectivity index (χ4v) is 4.86. The molecule has 36 heavy (non-hydrogen) atoms. The van der Waals surface area contributed by atoms with E-state index in [0.717, 1.165) is 37.7 Å². The minimum atomic E-state index is -0.816. The van der Waals surface area contributed by atoms with Crippen LogP contribution in [0.3, 0.4) is 0 Å². The molecule has 184 valence electrons. The van der Waals surface area contributed by atoms with Crippen LogP contribution >= 0.6 is 11.3 Å². The molecule has 4 rings (SSSR count). The Hall–Kier alpha value is -3.97. The number of hydrogen-bond acceptors (Lipinski definition) is 5. The first-order valence-corrected chi connectivity index (χ1v) is 12.5. The number of aryl methyl sites for hydroxylation is 3. The van der Waals surface area contributed by atoms with Gasteiger partial charge in [-0.15, -0.1) is 11.3 Å². The molecule has 1 heterocycles. The van der Waals surface area contributed by atoms with Gasteiger partial charge >= 0.3 is 5.97 Å². The summed E-state index contributed by atoms with van der Waals surface area (Å²) in [7, 11) is 1.60. The molecule has 0 unspecified atom stereocenters. The number of benzene rings is 3. The first kappa shape index (κ1) is 25.1. The second-order valence-electron chi connectivity index (χ2n) is 8.59. The number of ether oxygens (including phenoxy) is 1. The molecule has 7 heteroatoms. The zero-order valence-corrected chi connectivity index (χ0v) is 21.3. The number of carboxylic acids is 1. The molecular formula is C29H28N2O4S. The summed E-state index contributed by atoms with van der Waals surface area (Å²) in [6.07, 6.45) is 0.560. The maximum atomic E-state index is 13.0. The number of aliphatic carboxylic acids is 1. The normalized spacial score (nSPS) is 10.8. The van der Waals surface area contributed by atoms with E-state index in [0.29, 0.717) is 17.9 Å². The summed E-state index contributed by atoms with van der Waals surface area (Å²) >= 11 is 1.50. The molecule has 1 amide bonds. The molecule has 0 radical (unpaired) electrons. The molecule has 6 nitrogen and oxygen atoms in total. The topological polar surface area (TPSA) is 88.5 Å². The van der Waals surface area contributed by atoms with Gasteiger partial charge in [0.25, 0.3) is 5.91 Å². The van der Waals surface area contributed by atoms with E-state index in [1.807, 2.05) is 80.6 Å². The lowest BCUT2D eigenvalue weighted by atomic mass is 9.99. The molecular weight excluding hydrogens is 472 g/mol. The van der Waals surface area contributed by atoms with Crippen LogP contribution in [0.5, 0.6) is 5.75 Å². The van der Waals surface area contributed by atoms with Gasteiger partial charge in [-0.05, 0) is 49.1 Å². The predicted octanol–water partition coefficient (Wildman–Crippen LogP) is 6.05. The Kier molecular flexibility index (Phi) is 7.80. The molecule has 0 aliphatic carbocycles. The van der Waals surface area contributed by atoms with E-state index in [9.17, 15) is 9.59 Å². The molecule has 0 spiro atoms. The highest BCUT2D eigenvalue weighted by Crippen LogP contribution is 2.29. The number of nitrogens with one attached hydrogen (secondary N) is 1. The van der Waals surface area contributed by atoms with Crippen LogP contribution in [0.4, 0.5) is 0 Å². The molecule has 2 N–H and O–H groups in total. The molecule has 4 aromatic rings. The summed E-state index contributed by atoms with van der Waals surface area (Å²) < 4.78 is 5.53. The summed E-state index contributed by atoms with van der Waals surface area (Å²) in [5.41, 5.74) is 6.34. The standard InChI is InChI=1S/C29H28N2O4S/c1-18-7-10-21(11-8-18)29-31-27(19(2)36-29)28(34)30-17-24-16-23(12-13-25(24)35-3)22-6-4-5-20(15-22)9-14-26(32)33/h4-8,10-13,15-16H,9,14,17H2,1-3H3,(H,30,34)(H,32,33). The van der Waals surface area contributed by atoms with Crippen LogP contribution in [0.15, 0.2) is 66.7 Å². The zero-order chi connectivity index (χ0) is 25.7. The highest BCUT2D eigenvalue weighted by Gasteiger charge is 2.17. The van der Waals surface area contributed by atoms with Crippen molar-refractivity contribution in [2.24, 2.45) is 0 Å². The van der Waals surface area contributed by atoms with Gasteiger partial charge in [0.1, 0.15) is 16.5 Å². The van der Waals surface area contributed by atoms with Crippen molar-refractivity contribution in [2.45, 2.75) is 33.2 Å². The Balaban J connectivity index is 1.51. The number of thiazole rings is 1. The summed E-state index contributed by atoms with van der Waals surface area (Å²) in [5, 5.41) is 12.8. The van der Waals surface area contributed by atoms with Gasteiger partial charge in [0, 0.05) is 29.0 Å². The van der Waals surface area contributed by atoms with Crippen LogP contribution in [-0.4, -0.2) is 29.1 Å². The molecule has 0 saturated heterocycles. The number of rotatable bonds is 9. The van der Waals surface area contributed by atoms with Gasteiger partial charge in [-0.3, -0.25) is 9.59 Å². The molecule has 1 aromatic heterocycles. The van der Waals surface area contributed by atoms with E-state index >= 15 is 0 Å². The summed E-state index contributed by atoms with van der Waals surface area (Å²) in [6.45, 7) is 4.23. The smallest absolute Gasteiger partial charge is 0.303 e. The van der Waals surface area contributed by atoms with Gasteiger partial charge < -0.3 is 15.2 Å². The Morgan fingerprint density at radius 3 is 2.42 bits per heavy atom. The van der Waals surface area contributed by atoms with Gasteiger partial charge in [-0.2, -0.15) is 0 Å². The number of nitrogens with zero attached hydrogens (tertiary/aromatic N) is 1. The second-order valence-corrected chi connectivity index (χ2v) is 9.80. The van der Waals surface area contributed by atoms with Crippen molar-refractivity contribution in [1.29, 1.82) is 0 Å². The number of carboxylic acid groups (broad SMARTS) is 1. The first-order chi connectivity index (χ1) is 17.3. The van der Waals surface area contributed by atoms with Gasteiger partial charge in [0.05, 0.1) is 7.11 Å². The van der Waals surface area contributed by atoms with Crippen molar-refractivity contribution < 1.29 is 19.4 Å². The minimum Gasteiger partial charge on any atom is -0.496 e. The highest BCUT2D eigenvalue weighted by atomic mass is 32.1. The van der Waals surface area contributed by atoms with Crippen LogP contribution in [0.25, 0.3) is 21.7 Å². The van der Waals surface area contributed by atoms with Crippen molar-refractivity contribution in [3.8, 4) is 27.4 Å². The van der Waals surface area contributed by atoms with E-state index in [1.165, 1.54) is 16.9 Å². The van der Waals surface area contributed by atoms with Gasteiger partial charge in [-0.25, -0.2) is 4.98 Å². The van der Waals surface area contributed by atoms with Crippen molar-refractivity contribution in [3.63, 3.8) is 0 Å². The van der Waals surface area contributed by atoms with Gasteiger partial charge in [-0.1, -0.05) is 60.2 Å². The van der Waals surface area contributed by atoms with Gasteiger partial charge in [0.2, 0.25) is 0 Å². The second kappa shape index (κ2) is 11.2. The number of amides is 1. The van der Waals surface area contributed by atoms with Crippen LogP contribution in [0.1, 0.15) is 38.5 Å². The highest BCUT2D eigenvalue weighted by molar-refractivity contribution is 7.15. The maximum absolute atomic E-state index is 13.0. The number of methoxy groups -OCH3 is 1. The van der Waals surface area contributed by atoms with Crippen LogP contribution in [0.2, 0.25) is 0 Å². The quantitative estimate of drug-likeness (QED) is 0.292.